The van der Waals surface area contributed by atoms with Crippen LogP contribution in [0.2, 0.25) is 0 Å². The largest absolute Gasteiger partial charge is 0.388 e. The molecule has 0 bridgehead atoms. The van der Waals surface area contributed by atoms with E-state index >= 15 is 0 Å². The Hall–Kier alpha value is -1.93. The second-order valence-electron chi connectivity index (χ2n) is 5.08. The number of carbonyl (C=O) groups is 1. The molecule has 0 amide bonds. The van der Waals surface area contributed by atoms with Gasteiger partial charge >= 0.3 is 0 Å². The van der Waals surface area contributed by atoms with Crippen LogP contribution in [0.4, 0.5) is 0 Å². The van der Waals surface area contributed by atoms with Crippen molar-refractivity contribution in [3.63, 3.8) is 0 Å². The molecule has 0 fully saturated rings. The Kier molecular flexibility index (Phi) is 9.80. The minimum atomic E-state index is -1.11. The maximum Gasteiger partial charge on any atom is 0.291 e. The monoisotopic (exact) mass is 307 g/mol. The van der Waals surface area contributed by atoms with Crippen LogP contribution in [0.3, 0.4) is 0 Å². The van der Waals surface area contributed by atoms with E-state index in [9.17, 15) is 20.0 Å². The Balaban J connectivity index is 5.18. The molecule has 22 heavy (non-hydrogen) atoms. The van der Waals surface area contributed by atoms with Gasteiger partial charge in [0.15, 0.2) is 0 Å². The Morgan fingerprint density at radius 1 is 1.45 bits per heavy atom. The van der Waals surface area contributed by atoms with Crippen molar-refractivity contribution < 1.29 is 14.8 Å². The number of hydrogen-bond donors (Lipinski definition) is 1. The lowest BCUT2D eigenvalue weighted by Crippen LogP contribution is -2.28. The van der Waals surface area contributed by atoms with Crippen LogP contribution in [0, 0.1) is 27.9 Å². The second-order valence-corrected chi connectivity index (χ2v) is 5.08. The lowest BCUT2D eigenvalue weighted by Gasteiger charge is -2.21. The van der Waals surface area contributed by atoms with Crippen LogP contribution in [0.5, 0.6) is 0 Å². The van der Waals surface area contributed by atoms with Crippen molar-refractivity contribution in [3.8, 4) is 11.8 Å². The third-order valence-corrected chi connectivity index (χ3v) is 3.44. The number of aliphatic hydroxyl groups excluding tert-OH is 1. The molecule has 5 heteroatoms. The third kappa shape index (κ3) is 6.68. The number of nitrogens with zero attached hydrogens (tertiary/aromatic N) is 1. The Morgan fingerprint density at radius 2 is 2.09 bits per heavy atom. The molecule has 0 spiro atoms. The zero-order chi connectivity index (χ0) is 17.1. The number of ketones is 1. The van der Waals surface area contributed by atoms with Gasteiger partial charge in [0.05, 0.1) is 6.10 Å². The van der Waals surface area contributed by atoms with E-state index in [-0.39, 0.29) is 5.78 Å². The lowest BCUT2D eigenvalue weighted by molar-refractivity contribution is -0.493. The van der Waals surface area contributed by atoms with E-state index in [1.165, 1.54) is 26.0 Å². The van der Waals surface area contributed by atoms with Crippen molar-refractivity contribution in [1.29, 1.82) is 0 Å². The summed E-state index contributed by atoms with van der Waals surface area (Å²) < 4.78 is 0. The minimum absolute atomic E-state index is 0.0760. The SMILES string of the molecule is CC#CC(/C=C\C(=C/C)C(O)C(CCCC)C(C)=O)[N+](=O)[O-]. The van der Waals surface area contributed by atoms with Gasteiger partial charge in [0, 0.05) is 16.9 Å². The average molecular weight is 307 g/mol. The van der Waals surface area contributed by atoms with Gasteiger partial charge in [-0.25, -0.2) is 0 Å². The Labute approximate surface area is 132 Å². The number of aliphatic hydroxyl groups is 1. The molecule has 0 aliphatic carbocycles. The molecule has 0 rings (SSSR count). The fraction of sp³-hybridized carbons (Fsp3) is 0.588. The first-order valence-corrected chi connectivity index (χ1v) is 7.47. The summed E-state index contributed by atoms with van der Waals surface area (Å²) in [7, 11) is 0. The molecule has 0 aliphatic heterocycles. The summed E-state index contributed by atoms with van der Waals surface area (Å²) in [6.45, 7) is 6.74. The highest BCUT2D eigenvalue weighted by molar-refractivity contribution is 5.79. The van der Waals surface area contributed by atoms with E-state index in [0.717, 1.165) is 12.8 Å². The molecular weight excluding hydrogens is 282 g/mol. The fourth-order valence-electron chi connectivity index (χ4n) is 2.13. The molecule has 0 radical (unpaired) electrons. The summed E-state index contributed by atoms with van der Waals surface area (Å²) in [5.41, 5.74) is 0.501. The number of Topliss-reactive ketones (excluding diaryl/α,β-unsaturated/α-hetero) is 1. The molecule has 3 unspecified atom stereocenters. The van der Waals surface area contributed by atoms with E-state index in [2.05, 4.69) is 11.8 Å². The van der Waals surface area contributed by atoms with E-state index < -0.39 is 23.0 Å². The number of allylic oxidation sites excluding steroid dienone is 1. The Morgan fingerprint density at radius 3 is 2.50 bits per heavy atom. The zero-order valence-corrected chi connectivity index (χ0v) is 13.7. The van der Waals surface area contributed by atoms with Gasteiger partial charge < -0.3 is 5.11 Å². The highest BCUT2D eigenvalue weighted by Gasteiger charge is 2.25. The number of unbranched alkanes of at least 4 members (excludes halogenated alkanes) is 1. The molecule has 0 aliphatic rings. The van der Waals surface area contributed by atoms with Crippen LogP contribution < -0.4 is 0 Å². The zero-order valence-electron chi connectivity index (χ0n) is 13.7. The summed E-state index contributed by atoms with van der Waals surface area (Å²) >= 11 is 0. The fourth-order valence-corrected chi connectivity index (χ4v) is 2.13. The summed E-state index contributed by atoms with van der Waals surface area (Å²) in [5, 5.41) is 21.3. The summed E-state index contributed by atoms with van der Waals surface area (Å²) in [5.74, 6) is 4.42. The van der Waals surface area contributed by atoms with Crippen molar-refractivity contribution in [2.75, 3.05) is 0 Å². The van der Waals surface area contributed by atoms with Crippen LogP contribution >= 0.6 is 0 Å². The summed E-state index contributed by atoms with van der Waals surface area (Å²) in [4.78, 5) is 22.1. The molecule has 122 valence electrons. The molecule has 0 saturated carbocycles. The normalized spacial score (nSPS) is 15.8. The van der Waals surface area contributed by atoms with Gasteiger partial charge in [-0.1, -0.05) is 37.8 Å². The quantitative estimate of drug-likeness (QED) is 0.307. The Bertz CT molecular complexity index is 497. The number of carbonyl (C=O) groups excluding carboxylic acids is 1. The predicted molar refractivity (Wildman–Crippen MR) is 86.8 cm³/mol. The van der Waals surface area contributed by atoms with Gasteiger partial charge in [-0.15, -0.1) is 0 Å². The maximum atomic E-state index is 11.7. The van der Waals surface area contributed by atoms with Gasteiger partial charge in [0.1, 0.15) is 5.78 Å². The van der Waals surface area contributed by atoms with Crippen LogP contribution in [0.15, 0.2) is 23.8 Å². The van der Waals surface area contributed by atoms with Crippen LogP contribution in [0.25, 0.3) is 0 Å². The van der Waals surface area contributed by atoms with Gasteiger partial charge in [0.2, 0.25) is 0 Å². The molecule has 0 aromatic rings. The van der Waals surface area contributed by atoms with E-state index in [0.29, 0.717) is 12.0 Å². The van der Waals surface area contributed by atoms with E-state index in [1.54, 1.807) is 13.0 Å². The lowest BCUT2D eigenvalue weighted by atomic mass is 9.87. The molecule has 0 aromatic heterocycles. The molecular formula is C17H25NO4. The molecule has 1 N–H and O–H groups in total. The number of rotatable bonds is 9. The highest BCUT2D eigenvalue weighted by atomic mass is 16.6. The molecule has 0 aromatic carbocycles. The first-order valence-electron chi connectivity index (χ1n) is 7.47. The first kappa shape index (κ1) is 20.1. The third-order valence-electron chi connectivity index (χ3n) is 3.44. The molecule has 0 saturated heterocycles. The topological polar surface area (TPSA) is 80.4 Å². The van der Waals surface area contributed by atoms with Crippen molar-refractivity contribution in [3.05, 3.63) is 33.9 Å². The van der Waals surface area contributed by atoms with E-state index in [4.69, 9.17) is 0 Å². The van der Waals surface area contributed by atoms with Gasteiger partial charge in [-0.3, -0.25) is 14.9 Å². The number of hydrogen-bond acceptors (Lipinski definition) is 4. The first-order chi connectivity index (χ1) is 10.4. The van der Waals surface area contributed by atoms with Gasteiger partial charge in [-0.05, 0) is 38.7 Å². The van der Waals surface area contributed by atoms with E-state index in [1.807, 2.05) is 6.92 Å². The van der Waals surface area contributed by atoms with Crippen molar-refractivity contribution in [2.45, 2.75) is 59.1 Å². The second kappa shape index (κ2) is 10.7. The van der Waals surface area contributed by atoms with Crippen LogP contribution in [-0.2, 0) is 4.79 Å². The smallest absolute Gasteiger partial charge is 0.291 e. The van der Waals surface area contributed by atoms with Crippen molar-refractivity contribution in [2.24, 2.45) is 5.92 Å². The molecule has 5 nitrogen and oxygen atoms in total. The minimum Gasteiger partial charge on any atom is -0.388 e. The predicted octanol–water partition coefficient (Wildman–Crippen LogP) is 2.91. The molecule has 3 atom stereocenters. The van der Waals surface area contributed by atoms with Crippen molar-refractivity contribution in [1.82, 2.24) is 0 Å². The summed E-state index contributed by atoms with van der Waals surface area (Å²) in [6, 6.07) is -1.11. The highest BCUT2D eigenvalue weighted by Crippen LogP contribution is 2.21. The van der Waals surface area contributed by atoms with Crippen LogP contribution in [0.1, 0.15) is 47.0 Å². The van der Waals surface area contributed by atoms with Crippen LogP contribution in [-0.4, -0.2) is 28.0 Å². The summed E-state index contributed by atoms with van der Waals surface area (Å²) in [6.07, 6.45) is 5.93. The molecule has 0 heterocycles. The average Bonchev–Trinajstić information content (AvgIpc) is 2.46. The number of nitro groups is 1. The van der Waals surface area contributed by atoms with Gasteiger partial charge in [0.25, 0.3) is 6.04 Å². The van der Waals surface area contributed by atoms with Gasteiger partial charge in [-0.2, -0.15) is 0 Å². The standard InChI is InChI=1S/C17H25NO4/c1-5-8-10-16(13(4)19)17(20)14(7-3)11-12-15(9-6-2)18(21)22/h7,11-12,15-17,20H,5,8,10H2,1-4H3/b12-11-,14-7+. The maximum absolute atomic E-state index is 11.7. The van der Waals surface area contributed by atoms with Crippen molar-refractivity contribution >= 4 is 5.78 Å².